The van der Waals surface area contributed by atoms with E-state index in [1.165, 1.54) is 0 Å². The van der Waals surface area contributed by atoms with Crippen LogP contribution in [0, 0.1) is 0 Å². The van der Waals surface area contributed by atoms with E-state index in [1.54, 1.807) is 17.8 Å². The van der Waals surface area contributed by atoms with Crippen molar-refractivity contribution in [3.8, 4) is 5.75 Å². The largest absolute Gasteiger partial charge is 0.507 e. The van der Waals surface area contributed by atoms with Gasteiger partial charge in [0.05, 0.1) is 11.1 Å². The molecule has 3 N–H and O–H groups in total. The van der Waals surface area contributed by atoms with Gasteiger partial charge in [-0.25, -0.2) is 0 Å². The number of benzene rings is 1. The molecule has 1 rings (SSSR count). The van der Waals surface area contributed by atoms with Gasteiger partial charge in [-0.2, -0.15) is 11.8 Å². The summed E-state index contributed by atoms with van der Waals surface area (Å²) in [6, 6.07) is 5.68. The van der Waals surface area contributed by atoms with E-state index in [4.69, 9.17) is 0 Å². The third-order valence-electron chi connectivity index (χ3n) is 2.68. The first-order valence-corrected chi connectivity index (χ1v) is 7.51. The molecule has 0 amide bonds. The van der Waals surface area contributed by atoms with Gasteiger partial charge in [-0.05, 0) is 46.8 Å². The summed E-state index contributed by atoms with van der Waals surface area (Å²) in [6.45, 7) is 2.96. The average molecular weight is 320 g/mol. The minimum Gasteiger partial charge on any atom is -0.507 e. The molecule has 0 fully saturated rings. The average Bonchev–Trinajstić information content (AvgIpc) is 2.32. The minimum absolute atomic E-state index is 0.175. The summed E-state index contributed by atoms with van der Waals surface area (Å²) in [6.07, 6.45) is 2.00. The van der Waals surface area contributed by atoms with E-state index in [0.29, 0.717) is 4.47 Å². The maximum absolute atomic E-state index is 9.38. The Kier molecular flexibility index (Phi) is 6.33. The first-order chi connectivity index (χ1) is 8.08. The van der Waals surface area contributed by atoms with Crippen molar-refractivity contribution in [3.05, 3.63) is 28.2 Å². The van der Waals surface area contributed by atoms with Crippen LogP contribution in [0.5, 0.6) is 5.75 Å². The van der Waals surface area contributed by atoms with Crippen LogP contribution < -0.4 is 5.32 Å². The summed E-state index contributed by atoms with van der Waals surface area (Å²) >= 11 is 4.94. The van der Waals surface area contributed by atoms with Crippen LogP contribution in [-0.4, -0.2) is 34.4 Å². The standard InChI is InChI=1S/C12H18BrNO2S/c1-8(12(7-15)17-2)14-6-9-3-4-11(16)10(13)5-9/h3-5,8,12,14-16H,6-7H2,1-2H3. The van der Waals surface area contributed by atoms with Gasteiger partial charge in [0.2, 0.25) is 0 Å². The number of phenols is 1. The Balaban J connectivity index is 2.52. The molecule has 0 aromatic heterocycles. The SMILES string of the molecule is CSC(CO)C(C)NCc1ccc(O)c(Br)c1. The second-order valence-corrected chi connectivity index (χ2v) is 5.84. The zero-order valence-electron chi connectivity index (χ0n) is 9.98. The van der Waals surface area contributed by atoms with Gasteiger partial charge in [0, 0.05) is 17.8 Å². The van der Waals surface area contributed by atoms with Gasteiger partial charge in [-0.3, -0.25) is 0 Å². The summed E-state index contributed by atoms with van der Waals surface area (Å²) < 4.78 is 0.702. The number of thioether (sulfide) groups is 1. The molecule has 0 saturated carbocycles. The topological polar surface area (TPSA) is 52.5 Å². The predicted octanol–water partition coefficient (Wildman–Crippen LogP) is 2.36. The molecule has 0 saturated heterocycles. The zero-order chi connectivity index (χ0) is 12.8. The minimum atomic E-state index is 0.175. The molecule has 0 bridgehead atoms. The van der Waals surface area contributed by atoms with Gasteiger partial charge < -0.3 is 15.5 Å². The fourth-order valence-electron chi connectivity index (χ4n) is 1.51. The Bertz CT molecular complexity index is 358. The fraction of sp³-hybridized carbons (Fsp3) is 0.500. The van der Waals surface area contributed by atoms with Crippen molar-refractivity contribution >= 4 is 27.7 Å². The number of hydrogen-bond donors (Lipinski definition) is 3. The normalized spacial score (nSPS) is 14.6. The molecule has 17 heavy (non-hydrogen) atoms. The Morgan fingerprint density at radius 3 is 2.71 bits per heavy atom. The summed E-state index contributed by atoms with van der Waals surface area (Å²) in [5, 5.41) is 22.1. The molecule has 0 aliphatic heterocycles. The van der Waals surface area contributed by atoms with E-state index < -0.39 is 0 Å². The summed E-state index contributed by atoms with van der Waals surface area (Å²) in [7, 11) is 0. The Morgan fingerprint density at radius 1 is 1.47 bits per heavy atom. The predicted molar refractivity (Wildman–Crippen MR) is 76.5 cm³/mol. The highest BCUT2D eigenvalue weighted by molar-refractivity contribution is 9.10. The molecular weight excluding hydrogens is 302 g/mol. The molecule has 1 aromatic carbocycles. The molecular formula is C12H18BrNO2S. The van der Waals surface area contributed by atoms with Gasteiger partial charge in [-0.15, -0.1) is 0 Å². The van der Waals surface area contributed by atoms with Gasteiger partial charge >= 0.3 is 0 Å². The van der Waals surface area contributed by atoms with Gasteiger partial charge in [0.15, 0.2) is 0 Å². The quantitative estimate of drug-likeness (QED) is 0.753. The van der Waals surface area contributed by atoms with E-state index >= 15 is 0 Å². The van der Waals surface area contributed by atoms with Crippen LogP contribution in [0.1, 0.15) is 12.5 Å². The first kappa shape index (κ1) is 14.8. The van der Waals surface area contributed by atoms with Crippen LogP contribution in [0.2, 0.25) is 0 Å². The van der Waals surface area contributed by atoms with E-state index in [1.807, 2.05) is 18.4 Å². The lowest BCUT2D eigenvalue weighted by Gasteiger charge is -2.21. The van der Waals surface area contributed by atoms with Crippen molar-refractivity contribution in [1.29, 1.82) is 0 Å². The van der Waals surface area contributed by atoms with E-state index in [2.05, 4.69) is 28.2 Å². The molecule has 2 unspecified atom stereocenters. The smallest absolute Gasteiger partial charge is 0.129 e. The van der Waals surface area contributed by atoms with Crippen molar-refractivity contribution < 1.29 is 10.2 Å². The summed E-state index contributed by atoms with van der Waals surface area (Å²) in [4.78, 5) is 0. The fourth-order valence-corrected chi connectivity index (χ4v) is 2.59. The van der Waals surface area contributed by atoms with E-state index in [9.17, 15) is 10.2 Å². The Hall–Kier alpha value is -0.230. The Morgan fingerprint density at radius 2 is 2.18 bits per heavy atom. The molecule has 2 atom stereocenters. The molecule has 0 heterocycles. The van der Waals surface area contributed by atoms with Crippen molar-refractivity contribution in [1.82, 2.24) is 5.32 Å². The van der Waals surface area contributed by atoms with Crippen LogP contribution in [0.4, 0.5) is 0 Å². The number of aromatic hydroxyl groups is 1. The second kappa shape index (κ2) is 7.26. The number of nitrogens with one attached hydrogen (secondary N) is 1. The molecule has 0 spiro atoms. The summed E-state index contributed by atoms with van der Waals surface area (Å²) in [5.41, 5.74) is 1.10. The van der Waals surface area contributed by atoms with Gasteiger partial charge in [0.25, 0.3) is 0 Å². The molecule has 96 valence electrons. The monoisotopic (exact) mass is 319 g/mol. The zero-order valence-corrected chi connectivity index (χ0v) is 12.4. The highest BCUT2D eigenvalue weighted by Gasteiger charge is 2.14. The molecule has 1 aromatic rings. The van der Waals surface area contributed by atoms with Crippen molar-refractivity contribution in [3.63, 3.8) is 0 Å². The molecule has 0 aliphatic carbocycles. The Labute approximate surface area is 115 Å². The molecule has 5 heteroatoms. The third kappa shape index (κ3) is 4.50. The van der Waals surface area contributed by atoms with Crippen LogP contribution in [0.3, 0.4) is 0 Å². The molecule has 0 aliphatic rings. The maximum Gasteiger partial charge on any atom is 0.129 e. The van der Waals surface area contributed by atoms with Crippen LogP contribution in [0.25, 0.3) is 0 Å². The maximum atomic E-state index is 9.38. The first-order valence-electron chi connectivity index (χ1n) is 5.43. The van der Waals surface area contributed by atoms with Crippen molar-refractivity contribution in [2.24, 2.45) is 0 Å². The number of hydrogen-bond acceptors (Lipinski definition) is 4. The number of aliphatic hydroxyl groups is 1. The number of halogens is 1. The molecule has 0 radical (unpaired) electrons. The van der Waals surface area contributed by atoms with E-state index in [0.717, 1.165) is 12.1 Å². The third-order valence-corrected chi connectivity index (χ3v) is 4.48. The lowest BCUT2D eigenvalue weighted by molar-refractivity contribution is 0.276. The highest BCUT2D eigenvalue weighted by atomic mass is 79.9. The van der Waals surface area contributed by atoms with Crippen LogP contribution >= 0.6 is 27.7 Å². The highest BCUT2D eigenvalue weighted by Crippen LogP contribution is 2.24. The molecule has 3 nitrogen and oxygen atoms in total. The lowest BCUT2D eigenvalue weighted by Crippen LogP contribution is -2.37. The van der Waals surface area contributed by atoms with E-state index in [-0.39, 0.29) is 23.6 Å². The number of aliphatic hydroxyl groups excluding tert-OH is 1. The van der Waals surface area contributed by atoms with Crippen molar-refractivity contribution in [2.45, 2.75) is 24.8 Å². The van der Waals surface area contributed by atoms with Crippen LogP contribution in [0.15, 0.2) is 22.7 Å². The summed E-state index contributed by atoms with van der Waals surface area (Å²) in [5.74, 6) is 0.249. The van der Waals surface area contributed by atoms with Crippen molar-refractivity contribution in [2.75, 3.05) is 12.9 Å². The van der Waals surface area contributed by atoms with Gasteiger partial charge in [0.1, 0.15) is 5.75 Å². The number of rotatable bonds is 6. The lowest BCUT2D eigenvalue weighted by atomic mass is 10.2. The van der Waals surface area contributed by atoms with Gasteiger partial charge in [-0.1, -0.05) is 6.07 Å². The number of phenolic OH excluding ortho intramolecular Hbond substituents is 1. The second-order valence-electron chi connectivity index (χ2n) is 3.91. The van der Waals surface area contributed by atoms with Crippen LogP contribution in [-0.2, 0) is 6.54 Å².